The predicted molar refractivity (Wildman–Crippen MR) is 81.6 cm³/mol. The number of hydrogen-bond acceptors (Lipinski definition) is 4. The van der Waals surface area contributed by atoms with Crippen LogP contribution in [0.1, 0.15) is 5.56 Å². The van der Waals surface area contributed by atoms with E-state index < -0.39 is 10.0 Å². The Kier molecular flexibility index (Phi) is 3.19. The average molecular weight is 304 g/mol. The van der Waals surface area contributed by atoms with Crippen LogP contribution in [0.25, 0.3) is 10.9 Å². The molecule has 3 rings (SSSR count). The van der Waals surface area contributed by atoms with Crippen molar-refractivity contribution < 1.29 is 8.42 Å². The first-order valence-corrected chi connectivity index (χ1v) is 8.26. The maximum absolute atomic E-state index is 12.3. The van der Waals surface area contributed by atoms with Gasteiger partial charge in [-0.1, -0.05) is 29.8 Å². The smallest absolute Gasteiger partial charge is 0.262 e. The number of sulfonamides is 1. The molecule has 0 saturated carbocycles. The molecule has 0 atom stereocenters. The lowest BCUT2D eigenvalue weighted by atomic mass is 10.2. The van der Waals surface area contributed by atoms with Crippen molar-refractivity contribution in [2.24, 2.45) is 0 Å². The van der Waals surface area contributed by atoms with E-state index in [1.807, 2.05) is 31.2 Å². The molecule has 6 heteroatoms. The Bertz CT molecular complexity index is 852. The maximum Gasteiger partial charge on any atom is 0.262 e. The summed E-state index contributed by atoms with van der Waals surface area (Å²) < 4.78 is 31.5. The lowest BCUT2D eigenvalue weighted by molar-refractivity contribution is 0.601. The van der Waals surface area contributed by atoms with Gasteiger partial charge in [0.1, 0.15) is 5.00 Å². The van der Waals surface area contributed by atoms with Crippen LogP contribution in [0.2, 0.25) is 0 Å². The fourth-order valence-electron chi connectivity index (χ4n) is 1.86. The lowest BCUT2D eigenvalue weighted by Crippen LogP contribution is -2.12. The molecule has 1 N–H and O–H groups in total. The van der Waals surface area contributed by atoms with Crippen LogP contribution in [-0.4, -0.2) is 12.8 Å². The molecule has 1 aromatic heterocycles. The SMILES string of the molecule is Cc1ccc(S(=O)(=O)Nc2snc3ccccc23)cc1. The summed E-state index contributed by atoms with van der Waals surface area (Å²) in [5, 5.41) is 1.36. The summed E-state index contributed by atoms with van der Waals surface area (Å²) in [6.07, 6.45) is 0. The highest BCUT2D eigenvalue weighted by Crippen LogP contribution is 2.29. The molecule has 0 spiro atoms. The number of benzene rings is 2. The molecule has 0 unspecified atom stereocenters. The summed E-state index contributed by atoms with van der Waals surface area (Å²) in [5.74, 6) is 0. The zero-order valence-electron chi connectivity index (χ0n) is 10.7. The number of hydrogen-bond donors (Lipinski definition) is 1. The van der Waals surface area contributed by atoms with Crippen LogP contribution in [0, 0.1) is 6.92 Å². The highest BCUT2D eigenvalue weighted by Gasteiger charge is 2.16. The molecular weight excluding hydrogens is 292 g/mol. The van der Waals surface area contributed by atoms with Gasteiger partial charge in [-0.2, -0.15) is 4.37 Å². The number of fused-ring (bicyclic) bond motifs is 1. The van der Waals surface area contributed by atoms with Crippen LogP contribution in [0.5, 0.6) is 0 Å². The molecule has 20 heavy (non-hydrogen) atoms. The summed E-state index contributed by atoms with van der Waals surface area (Å²) in [5.41, 5.74) is 1.81. The molecule has 0 amide bonds. The van der Waals surface area contributed by atoms with E-state index in [2.05, 4.69) is 9.10 Å². The number of rotatable bonds is 3. The van der Waals surface area contributed by atoms with Gasteiger partial charge in [-0.05, 0) is 42.7 Å². The van der Waals surface area contributed by atoms with Crippen molar-refractivity contribution in [3.63, 3.8) is 0 Å². The second-order valence-corrected chi connectivity index (χ2v) is 6.90. The molecule has 1 heterocycles. The Morgan fingerprint density at radius 3 is 2.50 bits per heavy atom. The Hall–Kier alpha value is -1.92. The van der Waals surface area contributed by atoms with E-state index in [1.54, 1.807) is 24.3 Å². The third-order valence-corrected chi connectivity index (χ3v) is 5.23. The number of aryl methyl sites for hydroxylation is 1. The third-order valence-electron chi connectivity index (χ3n) is 2.94. The first-order chi connectivity index (χ1) is 9.56. The molecule has 0 aliphatic carbocycles. The molecule has 0 aliphatic rings. The summed E-state index contributed by atoms with van der Waals surface area (Å²) in [7, 11) is -3.57. The number of aromatic nitrogens is 1. The number of nitrogens with one attached hydrogen (secondary N) is 1. The summed E-state index contributed by atoms with van der Waals surface area (Å²) in [4.78, 5) is 0.251. The van der Waals surface area contributed by atoms with Gasteiger partial charge in [0.15, 0.2) is 0 Å². The molecule has 102 valence electrons. The van der Waals surface area contributed by atoms with E-state index in [9.17, 15) is 8.42 Å². The summed E-state index contributed by atoms with van der Waals surface area (Å²) >= 11 is 1.15. The van der Waals surface area contributed by atoms with Gasteiger partial charge in [-0.3, -0.25) is 4.72 Å². The fourth-order valence-corrected chi connectivity index (χ4v) is 3.93. The van der Waals surface area contributed by atoms with Crippen LogP contribution in [0.3, 0.4) is 0 Å². The second kappa shape index (κ2) is 4.88. The van der Waals surface area contributed by atoms with E-state index in [0.29, 0.717) is 5.00 Å². The Morgan fingerprint density at radius 2 is 1.75 bits per heavy atom. The van der Waals surface area contributed by atoms with E-state index in [1.165, 1.54) is 0 Å². The van der Waals surface area contributed by atoms with Gasteiger partial charge in [0.2, 0.25) is 0 Å². The highest BCUT2D eigenvalue weighted by molar-refractivity contribution is 7.93. The standard InChI is InChI=1S/C14H12N2O2S2/c1-10-6-8-11(9-7-10)20(17,18)16-14-12-4-2-3-5-13(12)15-19-14/h2-9,16H,1H3. The maximum atomic E-state index is 12.3. The monoisotopic (exact) mass is 304 g/mol. The largest absolute Gasteiger partial charge is 0.269 e. The van der Waals surface area contributed by atoms with Crippen molar-refractivity contribution in [2.45, 2.75) is 11.8 Å². The molecule has 0 aliphatic heterocycles. The van der Waals surface area contributed by atoms with Crippen molar-refractivity contribution in [3.05, 3.63) is 54.1 Å². The van der Waals surface area contributed by atoms with Gasteiger partial charge >= 0.3 is 0 Å². The van der Waals surface area contributed by atoms with Gasteiger partial charge in [0.05, 0.1) is 10.4 Å². The quantitative estimate of drug-likeness (QED) is 0.806. The summed E-state index contributed by atoms with van der Waals surface area (Å²) in [6, 6.07) is 14.2. The topological polar surface area (TPSA) is 59.1 Å². The molecule has 0 saturated heterocycles. The fraction of sp³-hybridized carbons (Fsp3) is 0.0714. The van der Waals surface area contributed by atoms with Crippen LogP contribution in [0.4, 0.5) is 5.00 Å². The van der Waals surface area contributed by atoms with Gasteiger partial charge in [-0.25, -0.2) is 8.42 Å². The second-order valence-electron chi connectivity index (χ2n) is 4.45. The highest BCUT2D eigenvalue weighted by atomic mass is 32.2. The van der Waals surface area contributed by atoms with Crippen LogP contribution in [0.15, 0.2) is 53.4 Å². The predicted octanol–water partition coefficient (Wildman–Crippen LogP) is 3.41. The van der Waals surface area contributed by atoms with Crippen molar-refractivity contribution in [1.82, 2.24) is 4.37 Å². The first kappa shape index (κ1) is 13.1. The molecule has 3 aromatic rings. The Morgan fingerprint density at radius 1 is 1.05 bits per heavy atom. The number of nitrogens with zero attached hydrogens (tertiary/aromatic N) is 1. The molecule has 4 nitrogen and oxygen atoms in total. The number of anilines is 1. The molecule has 0 fully saturated rings. The van der Waals surface area contributed by atoms with Crippen molar-refractivity contribution in [2.75, 3.05) is 4.72 Å². The molecular formula is C14H12N2O2S2. The lowest BCUT2D eigenvalue weighted by Gasteiger charge is -2.06. The Balaban J connectivity index is 1.99. The molecule has 2 aromatic carbocycles. The first-order valence-electron chi connectivity index (χ1n) is 6.00. The zero-order valence-corrected chi connectivity index (χ0v) is 12.3. The zero-order chi connectivity index (χ0) is 14.2. The summed E-state index contributed by atoms with van der Waals surface area (Å²) in [6.45, 7) is 1.92. The average Bonchev–Trinajstić information content (AvgIpc) is 2.82. The van der Waals surface area contributed by atoms with Crippen LogP contribution >= 0.6 is 11.5 Å². The van der Waals surface area contributed by atoms with Crippen molar-refractivity contribution in [1.29, 1.82) is 0 Å². The van der Waals surface area contributed by atoms with E-state index in [4.69, 9.17) is 0 Å². The van der Waals surface area contributed by atoms with Gasteiger partial charge in [0, 0.05) is 5.39 Å². The minimum Gasteiger partial charge on any atom is -0.269 e. The van der Waals surface area contributed by atoms with Crippen molar-refractivity contribution >= 4 is 37.5 Å². The minimum atomic E-state index is -3.57. The Labute approximate surface area is 121 Å². The van der Waals surface area contributed by atoms with E-state index >= 15 is 0 Å². The van der Waals surface area contributed by atoms with Gasteiger partial charge < -0.3 is 0 Å². The molecule has 0 radical (unpaired) electrons. The normalized spacial score (nSPS) is 11.7. The van der Waals surface area contributed by atoms with Crippen molar-refractivity contribution in [3.8, 4) is 0 Å². The van der Waals surface area contributed by atoms with Gasteiger partial charge in [0.25, 0.3) is 10.0 Å². The van der Waals surface area contributed by atoms with Gasteiger partial charge in [-0.15, -0.1) is 0 Å². The van der Waals surface area contributed by atoms with Crippen LogP contribution < -0.4 is 4.72 Å². The third kappa shape index (κ3) is 2.39. The van der Waals surface area contributed by atoms with E-state index in [-0.39, 0.29) is 4.90 Å². The minimum absolute atomic E-state index is 0.251. The van der Waals surface area contributed by atoms with Crippen LogP contribution in [-0.2, 0) is 10.0 Å². The molecule has 0 bridgehead atoms. The van der Waals surface area contributed by atoms with E-state index in [0.717, 1.165) is 28.0 Å².